The zero-order valence-electron chi connectivity index (χ0n) is 10.4. The summed E-state index contributed by atoms with van der Waals surface area (Å²) in [5.74, 6) is -3.19. The van der Waals surface area contributed by atoms with Crippen molar-refractivity contribution >= 4 is 17.8 Å². The summed E-state index contributed by atoms with van der Waals surface area (Å²) in [6.45, 7) is 0. The number of rotatable bonds is 7. The van der Waals surface area contributed by atoms with Crippen molar-refractivity contribution in [3.05, 3.63) is 24.0 Å². The number of hydrogen-bond donors (Lipinski definition) is 4. The fraction of sp³-hybridized carbons (Fsp3) is 0.333. The highest BCUT2D eigenvalue weighted by molar-refractivity contribution is 5.96. The number of hydrogen-bond acceptors (Lipinski definition) is 5. The Hall–Kier alpha value is -2.64. The van der Waals surface area contributed by atoms with Gasteiger partial charge in [0.1, 0.15) is 11.8 Å². The molecule has 0 aliphatic heterocycles. The van der Waals surface area contributed by atoms with Gasteiger partial charge in [0.15, 0.2) is 0 Å². The number of carbonyl (C=O) groups excluding carboxylic acids is 1. The summed E-state index contributed by atoms with van der Waals surface area (Å²) in [7, 11) is 0. The lowest BCUT2D eigenvalue weighted by Gasteiger charge is -2.13. The maximum absolute atomic E-state index is 11.8. The minimum atomic E-state index is -1.25. The lowest BCUT2D eigenvalue weighted by molar-refractivity contribution is -0.140. The van der Waals surface area contributed by atoms with E-state index in [0.717, 1.165) is 12.3 Å². The predicted octanol–water partition coefficient (Wildman–Crippen LogP) is 0.225. The van der Waals surface area contributed by atoms with Gasteiger partial charge in [-0.2, -0.15) is 0 Å². The van der Waals surface area contributed by atoms with Gasteiger partial charge in [-0.25, -0.2) is 4.79 Å². The van der Waals surface area contributed by atoms with Gasteiger partial charge in [0.25, 0.3) is 5.91 Å². The number of nitrogens with zero attached hydrogens (tertiary/aromatic N) is 1. The fourth-order valence-electron chi connectivity index (χ4n) is 1.51. The van der Waals surface area contributed by atoms with E-state index in [1.54, 1.807) is 0 Å². The fourth-order valence-corrected chi connectivity index (χ4v) is 1.51. The first-order valence-corrected chi connectivity index (χ1v) is 5.79. The van der Waals surface area contributed by atoms with Crippen LogP contribution in [-0.4, -0.2) is 44.2 Å². The average Bonchev–Trinajstić information content (AvgIpc) is 2.36. The SMILES string of the molecule is O=C(O)CCC[C@@H](NC(=O)c1cncc(O)c1)C(=O)O. The van der Waals surface area contributed by atoms with Gasteiger partial charge in [-0.1, -0.05) is 0 Å². The van der Waals surface area contributed by atoms with Crippen molar-refractivity contribution in [1.82, 2.24) is 10.3 Å². The molecule has 1 atom stereocenters. The van der Waals surface area contributed by atoms with E-state index in [1.807, 2.05) is 0 Å². The van der Waals surface area contributed by atoms with Crippen molar-refractivity contribution in [2.24, 2.45) is 0 Å². The normalized spacial score (nSPS) is 11.6. The van der Waals surface area contributed by atoms with Crippen molar-refractivity contribution in [3.63, 3.8) is 0 Å². The Morgan fingerprint density at radius 3 is 2.50 bits per heavy atom. The topological polar surface area (TPSA) is 137 Å². The maximum atomic E-state index is 11.8. The Kier molecular flexibility index (Phi) is 5.45. The molecule has 0 bridgehead atoms. The third-order valence-corrected chi connectivity index (χ3v) is 2.47. The molecule has 0 radical (unpaired) electrons. The molecule has 1 aromatic heterocycles. The lowest BCUT2D eigenvalue weighted by Crippen LogP contribution is -2.40. The van der Waals surface area contributed by atoms with Crippen LogP contribution >= 0.6 is 0 Å². The van der Waals surface area contributed by atoms with E-state index < -0.39 is 23.9 Å². The molecule has 20 heavy (non-hydrogen) atoms. The Balaban J connectivity index is 2.63. The van der Waals surface area contributed by atoms with Crippen molar-refractivity contribution in [2.45, 2.75) is 25.3 Å². The number of carboxylic acids is 2. The number of aliphatic carboxylic acids is 2. The average molecular weight is 282 g/mol. The summed E-state index contributed by atoms with van der Waals surface area (Å²) < 4.78 is 0. The van der Waals surface area contributed by atoms with Crippen molar-refractivity contribution < 1.29 is 29.7 Å². The molecule has 8 nitrogen and oxygen atoms in total. The number of aromatic hydroxyl groups is 1. The van der Waals surface area contributed by atoms with E-state index >= 15 is 0 Å². The summed E-state index contributed by atoms with van der Waals surface area (Å²) in [5, 5.41) is 28.9. The number of carboxylic acid groups (broad SMARTS) is 2. The van der Waals surface area contributed by atoms with Crippen LogP contribution < -0.4 is 5.32 Å². The van der Waals surface area contributed by atoms with Gasteiger partial charge in [-0.15, -0.1) is 0 Å². The second kappa shape index (κ2) is 7.07. The summed E-state index contributed by atoms with van der Waals surface area (Å²) in [6, 6.07) is -0.0393. The maximum Gasteiger partial charge on any atom is 0.326 e. The molecule has 1 rings (SSSR count). The predicted molar refractivity (Wildman–Crippen MR) is 66.3 cm³/mol. The zero-order chi connectivity index (χ0) is 15.1. The first-order valence-electron chi connectivity index (χ1n) is 5.79. The van der Waals surface area contributed by atoms with Gasteiger partial charge in [0, 0.05) is 12.6 Å². The van der Waals surface area contributed by atoms with Crippen molar-refractivity contribution in [3.8, 4) is 5.75 Å². The highest BCUT2D eigenvalue weighted by Gasteiger charge is 2.21. The van der Waals surface area contributed by atoms with E-state index in [0.29, 0.717) is 0 Å². The summed E-state index contributed by atoms with van der Waals surface area (Å²) in [4.78, 5) is 36.7. The molecule has 1 heterocycles. The number of pyridine rings is 1. The molecule has 108 valence electrons. The van der Waals surface area contributed by atoms with E-state index in [1.165, 1.54) is 6.20 Å². The molecule has 0 aliphatic carbocycles. The van der Waals surface area contributed by atoms with E-state index in [4.69, 9.17) is 10.2 Å². The Bertz CT molecular complexity index is 516. The molecule has 0 aliphatic rings. The first kappa shape index (κ1) is 15.4. The van der Waals surface area contributed by atoms with E-state index in [-0.39, 0.29) is 30.6 Å². The Labute approximate surface area is 114 Å². The molecule has 0 unspecified atom stereocenters. The minimum absolute atomic E-state index is 0.000379. The molecule has 0 aromatic carbocycles. The summed E-state index contributed by atoms with van der Waals surface area (Å²) in [5.41, 5.74) is 0.0227. The third-order valence-electron chi connectivity index (χ3n) is 2.47. The molecule has 0 spiro atoms. The zero-order valence-corrected chi connectivity index (χ0v) is 10.4. The van der Waals surface area contributed by atoms with E-state index in [9.17, 15) is 19.5 Å². The van der Waals surface area contributed by atoms with Crippen LogP contribution in [0.2, 0.25) is 0 Å². The molecule has 0 saturated heterocycles. The highest BCUT2D eigenvalue weighted by Crippen LogP contribution is 2.09. The number of carbonyl (C=O) groups is 3. The second-order valence-corrected chi connectivity index (χ2v) is 4.08. The van der Waals surface area contributed by atoms with E-state index in [2.05, 4.69) is 10.3 Å². The Morgan fingerprint density at radius 1 is 1.25 bits per heavy atom. The first-order chi connectivity index (χ1) is 9.40. The molecule has 8 heteroatoms. The van der Waals surface area contributed by atoms with Crippen LogP contribution in [0.5, 0.6) is 5.75 Å². The number of nitrogens with one attached hydrogen (secondary N) is 1. The van der Waals surface area contributed by atoms with Crippen LogP contribution in [-0.2, 0) is 9.59 Å². The van der Waals surface area contributed by atoms with Gasteiger partial charge in [-0.05, 0) is 18.9 Å². The van der Waals surface area contributed by atoms with Crippen LogP contribution in [0.25, 0.3) is 0 Å². The van der Waals surface area contributed by atoms with Crippen LogP contribution in [0.1, 0.15) is 29.6 Å². The molecule has 0 saturated carbocycles. The van der Waals surface area contributed by atoms with Gasteiger partial charge in [-0.3, -0.25) is 14.6 Å². The quantitative estimate of drug-likeness (QED) is 0.561. The van der Waals surface area contributed by atoms with Gasteiger partial charge < -0.3 is 20.6 Å². The lowest BCUT2D eigenvalue weighted by atomic mass is 10.1. The summed E-state index contributed by atoms with van der Waals surface area (Å²) in [6.07, 6.45) is 2.28. The molecule has 1 amide bonds. The molecular formula is C12H14N2O6. The van der Waals surface area contributed by atoms with Crippen LogP contribution in [0.15, 0.2) is 18.5 Å². The van der Waals surface area contributed by atoms with Crippen molar-refractivity contribution in [2.75, 3.05) is 0 Å². The molecule has 1 aromatic rings. The second-order valence-electron chi connectivity index (χ2n) is 4.08. The highest BCUT2D eigenvalue weighted by atomic mass is 16.4. The molecule has 0 fully saturated rings. The summed E-state index contributed by atoms with van der Waals surface area (Å²) >= 11 is 0. The minimum Gasteiger partial charge on any atom is -0.506 e. The largest absolute Gasteiger partial charge is 0.506 e. The third kappa shape index (κ3) is 4.92. The van der Waals surface area contributed by atoms with Crippen LogP contribution in [0.3, 0.4) is 0 Å². The number of aromatic nitrogens is 1. The molecular weight excluding hydrogens is 268 g/mol. The van der Waals surface area contributed by atoms with Gasteiger partial charge in [0.2, 0.25) is 0 Å². The van der Waals surface area contributed by atoms with Crippen molar-refractivity contribution in [1.29, 1.82) is 0 Å². The smallest absolute Gasteiger partial charge is 0.326 e. The monoisotopic (exact) mass is 282 g/mol. The van der Waals surface area contributed by atoms with Gasteiger partial charge in [0.05, 0.1) is 11.8 Å². The standard InChI is InChI=1S/C12H14N2O6/c15-8-4-7(5-13-6-8)11(18)14-9(12(19)20)2-1-3-10(16)17/h4-6,9,15H,1-3H2,(H,14,18)(H,16,17)(H,19,20)/t9-/m1/s1. The van der Waals surface area contributed by atoms with Crippen LogP contribution in [0, 0.1) is 0 Å². The Morgan fingerprint density at radius 2 is 1.95 bits per heavy atom. The number of amides is 1. The van der Waals surface area contributed by atoms with Crippen LogP contribution in [0.4, 0.5) is 0 Å². The molecule has 4 N–H and O–H groups in total. The van der Waals surface area contributed by atoms with Gasteiger partial charge >= 0.3 is 11.9 Å².